The van der Waals surface area contributed by atoms with Crippen LogP contribution in [0.2, 0.25) is 0 Å². The van der Waals surface area contributed by atoms with E-state index in [4.69, 9.17) is 0 Å². The number of nitrogens with zero attached hydrogens (tertiary/aromatic N) is 4. The van der Waals surface area contributed by atoms with Crippen molar-refractivity contribution < 1.29 is 9.90 Å². The van der Waals surface area contributed by atoms with E-state index in [0.29, 0.717) is 12.1 Å². The third-order valence-corrected chi connectivity index (χ3v) is 4.88. The SMILES string of the molecule is O=C(c1cccc(O)c1)N1CCC2(CCN2c2ncccn2)C1. The van der Waals surface area contributed by atoms with Crippen molar-refractivity contribution in [3.05, 3.63) is 48.3 Å². The van der Waals surface area contributed by atoms with Gasteiger partial charge in [0.25, 0.3) is 5.91 Å². The monoisotopic (exact) mass is 310 g/mol. The van der Waals surface area contributed by atoms with Crippen LogP contribution in [0.5, 0.6) is 5.75 Å². The standard InChI is InChI=1S/C17H18N4O2/c22-14-4-1-3-13(11-14)15(23)20-9-5-17(12-20)6-10-21(17)16-18-7-2-8-19-16/h1-4,7-8,11,22H,5-6,9-10,12H2. The lowest BCUT2D eigenvalue weighted by Gasteiger charge is -2.50. The number of likely N-dealkylation sites (tertiary alicyclic amines) is 1. The molecule has 0 radical (unpaired) electrons. The van der Waals surface area contributed by atoms with E-state index in [1.54, 1.807) is 30.6 Å². The maximum absolute atomic E-state index is 12.6. The van der Waals surface area contributed by atoms with Crippen molar-refractivity contribution in [2.75, 3.05) is 24.5 Å². The van der Waals surface area contributed by atoms with Crippen LogP contribution in [-0.4, -0.2) is 51.1 Å². The summed E-state index contributed by atoms with van der Waals surface area (Å²) >= 11 is 0. The molecule has 1 aromatic carbocycles. The Labute approximate surface area is 134 Å². The molecule has 1 N–H and O–H groups in total. The van der Waals surface area contributed by atoms with Crippen molar-refractivity contribution in [2.45, 2.75) is 18.4 Å². The number of phenolic OH excluding ortho intramolecular Hbond substituents is 1. The highest BCUT2D eigenvalue weighted by atomic mass is 16.3. The summed E-state index contributed by atoms with van der Waals surface area (Å²) in [7, 11) is 0. The van der Waals surface area contributed by atoms with E-state index < -0.39 is 0 Å². The molecule has 2 aliphatic heterocycles. The van der Waals surface area contributed by atoms with Crippen molar-refractivity contribution in [3.8, 4) is 5.75 Å². The molecule has 2 aromatic rings. The third-order valence-electron chi connectivity index (χ3n) is 4.88. The van der Waals surface area contributed by atoms with E-state index in [-0.39, 0.29) is 17.2 Å². The predicted molar refractivity (Wildman–Crippen MR) is 85.4 cm³/mol. The first-order valence-electron chi connectivity index (χ1n) is 7.81. The molecular formula is C17H18N4O2. The van der Waals surface area contributed by atoms with Gasteiger partial charge in [0.1, 0.15) is 5.75 Å². The second-order valence-electron chi connectivity index (χ2n) is 6.20. The van der Waals surface area contributed by atoms with Crippen molar-refractivity contribution in [2.24, 2.45) is 0 Å². The summed E-state index contributed by atoms with van der Waals surface area (Å²) in [6.45, 7) is 2.33. The Balaban J connectivity index is 1.52. The molecule has 1 aromatic heterocycles. The molecule has 1 unspecified atom stereocenters. The van der Waals surface area contributed by atoms with Crippen LogP contribution in [0.4, 0.5) is 5.95 Å². The fourth-order valence-corrected chi connectivity index (χ4v) is 3.56. The molecule has 23 heavy (non-hydrogen) atoms. The van der Waals surface area contributed by atoms with Crippen LogP contribution in [0.15, 0.2) is 42.7 Å². The zero-order chi connectivity index (χ0) is 15.9. The highest BCUT2D eigenvalue weighted by Crippen LogP contribution is 2.41. The van der Waals surface area contributed by atoms with Crippen molar-refractivity contribution in [1.82, 2.24) is 14.9 Å². The molecule has 3 heterocycles. The number of hydrogen-bond donors (Lipinski definition) is 1. The van der Waals surface area contributed by atoms with Crippen LogP contribution in [0.3, 0.4) is 0 Å². The molecule has 2 fully saturated rings. The predicted octanol–water partition coefficient (Wildman–Crippen LogP) is 1.68. The van der Waals surface area contributed by atoms with Crippen molar-refractivity contribution in [3.63, 3.8) is 0 Å². The summed E-state index contributed by atoms with van der Waals surface area (Å²) in [5.74, 6) is 0.830. The quantitative estimate of drug-likeness (QED) is 0.914. The topological polar surface area (TPSA) is 69.6 Å². The molecule has 0 bridgehead atoms. The fourth-order valence-electron chi connectivity index (χ4n) is 3.56. The summed E-state index contributed by atoms with van der Waals surface area (Å²) in [4.78, 5) is 25.4. The number of aromatic nitrogens is 2. The summed E-state index contributed by atoms with van der Waals surface area (Å²) < 4.78 is 0. The van der Waals surface area contributed by atoms with Gasteiger partial charge < -0.3 is 14.9 Å². The Morgan fingerprint density at radius 2 is 1.91 bits per heavy atom. The Morgan fingerprint density at radius 3 is 2.61 bits per heavy atom. The van der Waals surface area contributed by atoms with Crippen LogP contribution >= 0.6 is 0 Å². The summed E-state index contributed by atoms with van der Waals surface area (Å²) in [5, 5.41) is 9.56. The third kappa shape index (κ3) is 2.30. The van der Waals surface area contributed by atoms with Crippen LogP contribution in [0, 0.1) is 0 Å². The summed E-state index contributed by atoms with van der Waals surface area (Å²) in [6.07, 6.45) is 5.48. The number of anilines is 1. The molecule has 1 atom stereocenters. The van der Waals surface area contributed by atoms with Gasteiger partial charge in [0.2, 0.25) is 5.95 Å². The Hall–Kier alpha value is -2.63. The van der Waals surface area contributed by atoms with Crippen molar-refractivity contribution in [1.29, 1.82) is 0 Å². The lowest BCUT2D eigenvalue weighted by Crippen LogP contribution is -2.62. The minimum atomic E-state index is -0.0339. The van der Waals surface area contributed by atoms with E-state index >= 15 is 0 Å². The Bertz CT molecular complexity index is 736. The lowest BCUT2D eigenvalue weighted by molar-refractivity contribution is 0.0775. The molecule has 6 heteroatoms. The number of rotatable bonds is 2. The van der Waals surface area contributed by atoms with Gasteiger partial charge in [0, 0.05) is 37.6 Å². The number of carbonyl (C=O) groups excluding carboxylic acids is 1. The average Bonchev–Trinajstić information content (AvgIpc) is 3.02. The molecule has 6 nitrogen and oxygen atoms in total. The first-order chi connectivity index (χ1) is 11.2. The van der Waals surface area contributed by atoms with Gasteiger partial charge >= 0.3 is 0 Å². The zero-order valence-electron chi connectivity index (χ0n) is 12.7. The van der Waals surface area contributed by atoms with E-state index in [9.17, 15) is 9.90 Å². The zero-order valence-corrected chi connectivity index (χ0v) is 12.7. The first kappa shape index (κ1) is 14.0. The largest absolute Gasteiger partial charge is 0.508 e. The Morgan fingerprint density at radius 1 is 1.13 bits per heavy atom. The summed E-state index contributed by atoms with van der Waals surface area (Å²) in [6, 6.07) is 8.34. The number of phenols is 1. The molecule has 2 aliphatic rings. The molecule has 2 saturated heterocycles. The molecule has 1 spiro atoms. The van der Waals surface area contributed by atoms with Gasteiger partial charge in [-0.3, -0.25) is 4.79 Å². The van der Waals surface area contributed by atoms with Gasteiger partial charge in [0.15, 0.2) is 0 Å². The van der Waals surface area contributed by atoms with Gasteiger partial charge in [-0.15, -0.1) is 0 Å². The summed E-state index contributed by atoms with van der Waals surface area (Å²) in [5.41, 5.74) is 0.497. The number of benzene rings is 1. The maximum atomic E-state index is 12.6. The molecule has 0 saturated carbocycles. The smallest absolute Gasteiger partial charge is 0.254 e. The van der Waals surface area contributed by atoms with Gasteiger partial charge in [-0.05, 0) is 37.1 Å². The van der Waals surface area contributed by atoms with Crippen LogP contribution in [0.25, 0.3) is 0 Å². The van der Waals surface area contributed by atoms with Gasteiger partial charge in [-0.2, -0.15) is 0 Å². The number of hydrogen-bond acceptors (Lipinski definition) is 5. The second kappa shape index (κ2) is 5.22. The first-order valence-corrected chi connectivity index (χ1v) is 7.81. The van der Waals surface area contributed by atoms with E-state index in [2.05, 4.69) is 14.9 Å². The minimum absolute atomic E-state index is 0.0291. The molecule has 0 aliphatic carbocycles. The van der Waals surface area contributed by atoms with Crippen LogP contribution in [0.1, 0.15) is 23.2 Å². The van der Waals surface area contributed by atoms with E-state index in [0.717, 1.165) is 31.9 Å². The number of aromatic hydroxyl groups is 1. The molecule has 1 amide bonds. The minimum Gasteiger partial charge on any atom is -0.508 e. The highest BCUT2D eigenvalue weighted by Gasteiger charge is 2.51. The van der Waals surface area contributed by atoms with Crippen LogP contribution in [-0.2, 0) is 0 Å². The lowest BCUT2D eigenvalue weighted by atomic mass is 9.84. The molecular weight excluding hydrogens is 292 g/mol. The Kier molecular flexibility index (Phi) is 3.18. The van der Waals surface area contributed by atoms with E-state index in [1.807, 2.05) is 11.0 Å². The van der Waals surface area contributed by atoms with E-state index in [1.165, 1.54) is 6.07 Å². The average molecular weight is 310 g/mol. The normalized spacial score (nSPS) is 23.1. The number of carbonyl (C=O) groups is 1. The number of amides is 1. The fraction of sp³-hybridized carbons (Fsp3) is 0.353. The highest BCUT2D eigenvalue weighted by molar-refractivity contribution is 5.95. The second-order valence-corrected chi connectivity index (χ2v) is 6.20. The van der Waals surface area contributed by atoms with Gasteiger partial charge in [0.05, 0.1) is 5.54 Å². The molecule has 118 valence electrons. The maximum Gasteiger partial charge on any atom is 0.254 e. The van der Waals surface area contributed by atoms with Crippen LogP contribution < -0.4 is 4.90 Å². The molecule has 4 rings (SSSR count). The van der Waals surface area contributed by atoms with Gasteiger partial charge in [-0.1, -0.05) is 6.07 Å². The van der Waals surface area contributed by atoms with Crippen molar-refractivity contribution >= 4 is 11.9 Å². The van der Waals surface area contributed by atoms with Gasteiger partial charge in [-0.25, -0.2) is 9.97 Å².